The molecule has 0 aliphatic carbocycles. The second-order valence-corrected chi connectivity index (χ2v) is 9.20. The van der Waals surface area contributed by atoms with E-state index in [1.54, 1.807) is 11.3 Å². The monoisotopic (exact) mass is 409 g/mol. The zero-order chi connectivity index (χ0) is 20.0. The van der Waals surface area contributed by atoms with Crippen LogP contribution in [0.1, 0.15) is 48.8 Å². The molecule has 1 aromatic carbocycles. The minimum Gasteiger partial charge on any atom is -0.348 e. The number of aryl methyl sites for hydroxylation is 2. The maximum Gasteiger partial charge on any atom is 0.226 e. The van der Waals surface area contributed by atoms with Gasteiger partial charge in [0.25, 0.3) is 0 Å². The SMILES string of the molecule is Cc1ccc2nc(C3CCCN3C(=O)C3CCN(c4nc(C)cs4)CC3)[nH]c2c1. The average molecular weight is 410 g/mol. The minimum atomic E-state index is 0.0786. The number of aromatic amines is 1. The summed E-state index contributed by atoms with van der Waals surface area (Å²) in [5.41, 5.74) is 4.33. The third kappa shape index (κ3) is 3.52. The number of carbonyl (C=O) groups excluding carboxylic acids is 1. The third-order valence-electron chi connectivity index (χ3n) is 6.23. The zero-order valence-electron chi connectivity index (χ0n) is 17.0. The minimum absolute atomic E-state index is 0.0786. The molecule has 1 atom stereocenters. The fourth-order valence-electron chi connectivity index (χ4n) is 4.65. The van der Waals surface area contributed by atoms with Crippen LogP contribution in [0.4, 0.5) is 5.13 Å². The van der Waals surface area contributed by atoms with Crippen LogP contribution in [0.5, 0.6) is 0 Å². The Kier molecular flexibility index (Phi) is 4.78. The molecule has 2 aliphatic heterocycles. The smallest absolute Gasteiger partial charge is 0.226 e. The summed E-state index contributed by atoms with van der Waals surface area (Å²) in [4.78, 5) is 30.6. The first-order valence-corrected chi connectivity index (χ1v) is 11.4. The molecule has 3 aromatic rings. The van der Waals surface area contributed by atoms with Crippen LogP contribution in [0, 0.1) is 19.8 Å². The molecule has 2 fully saturated rings. The Morgan fingerprint density at radius 3 is 2.72 bits per heavy atom. The lowest BCUT2D eigenvalue weighted by Crippen LogP contribution is -2.42. The van der Waals surface area contributed by atoms with Crippen molar-refractivity contribution in [2.45, 2.75) is 45.6 Å². The number of thiazole rings is 1. The first-order chi connectivity index (χ1) is 14.1. The van der Waals surface area contributed by atoms with Gasteiger partial charge in [-0.3, -0.25) is 4.79 Å². The number of benzene rings is 1. The molecule has 2 aromatic heterocycles. The van der Waals surface area contributed by atoms with Crippen LogP contribution in [0.2, 0.25) is 0 Å². The highest BCUT2D eigenvalue weighted by Crippen LogP contribution is 2.35. The first-order valence-electron chi connectivity index (χ1n) is 10.5. The summed E-state index contributed by atoms with van der Waals surface area (Å²) < 4.78 is 0. The predicted octanol–water partition coefficient (Wildman–Crippen LogP) is 4.22. The number of anilines is 1. The Balaban J connectivity index is 1.29. The van der Waals surface area contributed by atoms with Gasteiger partial charge in [-0.2, -0.15) is 0 Å². The Hall–Kier alpha value is -2.41. The van der Waals surface area contributed by atoms with Crippen LogP contribution >= 0.6 is 11.3 Å². The molecule has 2 aliphatic rings. The van der Waals surface area contributed by atoms with Crippen LogP contribution in [0.15, 0.2) is 23.6 Å². The number of H-pyrrole nitrogens is 1. The fourth-order valence-corrected chi connectivity index (χ4v) is 5.51. The van der Waals surface area contributed by atoms with Gasteiger partial charge in [-0.25, -0.2) is 9.97 Å². The molecular weight excluding hydrogens is 382 g/mol. The van der Waals surface area contributed by atoms with E-state index in [0.29, 0.717) is 5.91 Å². The molecule has 6 nitrogen and oxygen atoms in total. The lowest BCUT2D eigenvalue weighted by molar-refractivity contribution is -0.137. The van der Waals surface area contributed by atoms with Crippen molar-refractivity contribution in [2.75, 3.05) is 24.5 Å². The number of nitrogens with zero attached hydrogens (tertiary/aromatic N) is 4. The number of rotatable bonds is 3. The van der Waals surface area contributed by atoms with Gasteiger partial charge in [-0.1, -0.05) is 6.07 Å². The van der Waals surface area contributed by atoms with E-state index in [9.17, 15) is 4.79 Å². The van der Waals surface area contributed by atoms with E-state index in [1.807, 2.05) is 6.92 Å². The number of piperidine rings is 1. The van der Waals surface area contributed by atoms with Crippen molar-refractivity contribution in [3.05, 3.63) is 40.7 Å². The van der Waals surface area contributed by atoms with E-state index >= 15 is 0 Å². The van der Waals surface area contributed by atoms with E-state index in [-0.39, 0.29) is 12.0 Å². The Bertz CT molecular complexity index is 1030. The van der Waals surface area contributed by atoms with Gasteiger partial charge < -0.3 is 14.8 Å². The standard InChI is InChI=1S/C22H27N5OS/c1-14-5-6-17-18(12-14)25-20(24-17)19-4-3-9-27(19)21(28)16-7-10-26(11-8-16)22-23-15(2)13-29-22/h5-6,12-13,16,19H,3-4,7-11H2,1-2H3,(H,24,25). The molecule has 1 amide bonds. The van der Waals surface area contributed by atoms with Gasteiger partial charge in [0.1, 0.15) is 5.82 Å². The maximum atomic E-state index is 13.4. The molecule has 0 bridgehead atoms. The largest absolute Gasteiger partial charge is 0.348 e. The van der Waals surface area contributed by atoms with Crippen molar-refractivity contribution in [3.8, 4) is 0 Å². The summed E-state index contributed by atoms with van der Waals surface area (Å²) in [5.74, 6) is 1.35. The van der Waals surface area contributed by atoms with Crippen molar-refractivity contribution in [1.29, 1.82) is 0 Å². The van der Waals surface area contributed by atoms with E-state index in [4.69, 9.17) is 4.98 Å². The highest BCUT2D eigenvalue weighted by atomic mass is 32.1. The average Bonchev–Trinajstić information content (AvgIpc) is 3.46. The van der Waals surface area contributed by atoms with Gasteiger partial charge in [-0.05, 0) is 57.2 Å². The molecule has 1 unspecified atom stereocenters. The van der Waals surface area contributed by atoms with E-state index in [1.165, 1.54) is 5.56 Å². The topological polar surface area (TPSA) is 65.1 Å². The normalized spacial score (nSPS) is 20.7. The lowest BCUT2D eigenvalue weighted by atomic mass is 9.95. The van der Waals surface area contributed by atoms with Crippen molar-refractivity contribution in [1.82, 2.24) is 19.9 Å². The molecule has 0 spiro atoms. The summed E-state index contributed by atoms with van der Waals surface area (Å²) in [6, 6.07) is 6.35. The Morgan fingerprint density at radius 2 is 1.97 bits per heavy atom. The molecule has 4 heterocycles. The fraction of sp³-hybridized carbons (Fsp3) is 0.500. The van der Waals surface area contributed by atoms with Crippen molar-refractivity contribution in [3.63, 3.8) is 0 Å². The summed E-state index contributed by atoms with van der Waals surface area (Å²) in [5, 5.41) is 3.18. The van der Waals surface area contributed by atoms with Crippen LogP contribution < -0.4 is 4.90 Å². The van der Waals surface area contributed by atoms with Gasteiger partial charge in [0, 0.05) is 30.9 Å². The number of fused-ring (bicyclic) bond motifs is 1. The molecule has 29 heavy (non-hydrogen) atoms. The van der Waals surface area contributed by atoms with Gasteiger partial charge in [-0.15, -0.1) is 11.3 Å². The molecule has 5 rings (SSSR count). The lowest BCUT2D eigenvalue weighted by Gasteiger charge is -2.34. The number of carbonyl (C=O) groups is 1. The Morgan fingerprint density at radius 1 is 1.14 bits per heavy atom. The summed E-state index contributed by atoms with van der Waals surface area (Å²) in [6.07, 6.45) is 3.84. The van der Waals surface area contributed by atoms with Crippen LogP contribution in [-0.4, -0.2) is 45.4 Å². The van der Waals surface area contributed by atoms with E-state index in [2.05, 4.69) is 50.3 Å². The number of hydrogen-bond acceptors (Lipinski definition) is 5. The van der Waals surface area contributed by atoms with Crippen LogP contribution in [0.3, 0.4) is 0 Å². The number of imidazole rings is 1. The second kappa shape index (κ2) is 7.44. The van der Waals surface area contributed by atoms with E-state index < -0.39 is 0 Å². The quantitative estimate of drug-likeness (QED) is 0.704. The number of nitrogens with one attached hydrogen (secondary N) is 1. The molecule has 2 saturated heterocycles. The molecule has 0 radical (unpaired) electrons. The van der Waals surface area contributed by atoms with Crippen molar-refractivity contribution >= 4 is 33.4 Å². The van der Waals surface area contributed by atoms with Crippen molar-refractivity contribution in [2.24, 2.45) is 5.92 Å². The van der Waals surface area contributed by atoms with Gasteiger partial charge in [0.15, 0.2) is 5.13 Å². The molecule has 7 heteroatoms. The zero-order valence-corrected chi connectivity index (χ0v) is 17.8. The third-order valence-corrected chi connectivity index (χ3v) is 7.25. The summed E-state index contributed by atoms with van der Waals surface area (Å²) >= 11 is 1.70. The summed E-state index contributed by atoms with van der Waals surface area (Å²) in [6.45, 7) is 6.77. The maximum absolute atomic E-state index is 13.4. The summed E-state index contributed by atoms with van der Waals surface area (Å²) in [7, 11) is 0. The van der Waals surface area contributed by atoms with Crippen LogP contribution in [0.25, 0.3) is 11.0 Å². The second-order valence-electron chi connectivity index (χ2n) is 8.37. The number of aromatic nitrogens is 3. The van der Waals surface area contributed by atoms with Gasteiger partial charge in [0.05, 0.1) is 22.8 Å². The number of hydrogen-bond donors (Lipinski definition) is 1. The predicted molar refractivity (Wildman–Crippen MR) is 116 cm³/mol. The molecule has 152 valence electrons. The van der Waals surface area contributed by atoms with E-state index in [0.717, 1.165) is 73.0 Å². The number of likely N-dealkylation sites (tertiary alicyclic amines) is 1. The highest BCUT2D eigenvalue weighted by Gasteiger charge is 2.37. The van der Waals surface area contributed by atoms with Gasteiger partial charge >= 0.3 is 0 Å². The molecular formula is C22H27N5OS. The molecule has 1 N–H and O–H groups in total. The van der Waals surface area contributed by atoms with Gasteiger partial charge in [0.2, 0.25) is 5.91 Å². The highest BCUT2D eigenvalue weighted by molar-refractivity contribution is 7.13. The number of amides is 1. The Labute approximate surface area is 175 Å². The first kappa shape index (κ1) is 18.6. The van der Waals surface area contributed by atoms with Crippen LogP contribution in [-0.2, 0) is 4.79 Å². The van der Waals surface area contributed by atoms with Crippen molar-refractivity contribution < 1.29 is 4.79 Å². The molecule has 0 saturated carbocycles.